The van der Waals surface area contributed by atoms with Crippen LogP contribution in [0.2, 0.25) is 0 Å². The number of hydrazone groups is 1. The fourth-order valence-electron chi connectivity index (χ4n) is 5.22. The van der Waals surface area contributed by atoms with Crippen LogP contribution in [0, 0.1) is 11.3 Å². The highest BCUT2D eigenvalue weighted by molar-refractivity contribution is 5.98. The standard InChI is InChI=1S/C31H45N3/c1-24(2)34(33-27(5)30-16-9-7-10-17-30)26(4)22-25(3)18-21-31(19-11-8-12-20-31)28(6)32-23-29-14-13-15-29/h7,9-10,16-17,22,29,32H,1,4,6,8,11-15,18-21,23H2,2-3,5H3/b25-22+,33-27+. The van der Waals surface area contributed by atoms with Gasteiger partial charge >= 0.3 is 0 Å². The summed E-state index contributed by atoms with van der Waals surface area (Å²) >= 11 is 0. The van der Waals surface area contributed by atoms with Gasteiger partial charge in [0.25, 0.3) is 0 Å². The molecule has 3 heteroatoms. The summed E-state index contributed by atoms with van der Waals surface area (Å²) in [4.78, 5) is 0. The lowest BCUT2D eigenvalue weighted by atomic mass is 9.68. The second-order valence-electron chi connectivity index (χ2n) is 10.6. The van der Waals surface area contributed by atoms with Crippen LogP contribution in [-0.4, -0.2) is 17.3 Å². The first-order chi connectivity index (χ1) is 16.3. The third-order valence-corrected chi connectivity index (χ3v) is 7.77. The number of rotatable bonds is 12. The summed E-state index contributed by atoms with van der Waals surface area (Å²) in [5.74, 6) is 0.857. The van der Waals surface area contributed by atoms with E-state index in [1.807, 2.05) is 37.1 Å². The van der Waals surface area contributed by atoms with Gasteiger partial charge in [-0.3, -0.25) is 0 Å². The maximum atomic E-state index is 4.83. The first-order valence-corrected chi connectivity index (χ1v) is 13.2. The normalized spacial score (nSPS) is 18.7. The summed E-state index contributed by atoms with van der Waals surface area (Å²) in [5, 5.41) is 10.5. The van der Waals surface area contributed by atoms with Crippen molar-refractivity contribution in [2.24, 2.45) is 16.4 Å². The van der Waals surface area contributed by atoms with E-state index >= 15 is 0 Å². The Labute approximate surface area is 208 Å². The molecule has 34 heavy (non-hydrogen) atoms. The summed E-state index contributed by atoms with van der Waals surface area (Å²) in [6.07, 6.45) is 15.0. The van der Waals surface area contributed by atoms with Crippen molar-refractivity contribution in [1.29, 1.82) is 0 Å². The Kier molecular flexibility index (Phi) is 9.38. The van der Waals surface area contributed by atoms with E-state index < -0.39 is 0 Å². The van der Waals surface area contributed by atoms with Gasteiger partial charge in [0, 0.05) is 23.4 Å². The van der Waals surface area contributed by atoms with Crippen LogP contribution in [0.5, 0.6) is 0 Å². The number of nitrogens with zero attached hydrogens (tertiary/aromatic N) is 2. The van der Waals surface area contributed by atoms with Crippen molar-refractivity contribution in [3.8, 4) is 0 Å². The molecular formula is C31H45N3. The quantitative estimate of drug-likeness (QED) is 0.193. The lowest BCUT2D eigenvalue weighted by molar-refractivity contribution is 0.202. The zero-order valence-corrected chi connectivity index (χ0v) is 21.8. The van der Waals surface area contributed by atoms with Gasteiger partial charge in [-0.1, -0.05) is 81.3 Å². The van der Waals surface area contributed by atoms with Gasteiger partial charge in [-0.2, -0.15) is 5.10 Å². The third-order valence-electron chi connectivity index (χ3n) is 7.77. The van der Waals surface area contributed by atoms with Crippen LogP contribution >= 0.6 is 0 Å². The Hall–Kier alpha value is -2.55. The van der Waals surface area contributed by atoms with Crippen LogP contribution in [-0.2, 0) is 0 Å². The molecule has 0 aromatic heterocycles. The molecule has 0 spiro atoms. The van der Waals surface area contributed by atoms with E-state index in [1.54, 1.807) is 0 Å². The first-order valence-electron chi connectivity index (χ1n) is 13.2. The summed E-state index contributed by atoms with van der Waals surface area (Å²) in [6.45, 7) is 20.4. The molecule has 3 nitrogen and oxygen atoms in total. The molecule has 1 aromatic carbocycles. The molecule has 184 valence electrons. The maximum absolute atomic E-state index is 4.83. The van der Waals surface area contributed by atoms with Crippen molar-refractivity contribution < 1.29 is 0 Å². The van der Waals surface area contributed by atoms with Crippen molar-refractivity contribution in [1.82, 2.24) is 10.3 Å². The molecule has 0 heterocycles. The number of allylic oxidation sites excluding steroid dienone is 4. The lowest BCUT2D eigenvalue weighted by Crippen LogP contribution is -2.36. The van der Waals surface area contributed by atoms with Gasteiger partial charge in [0.05, 0.1) is 11.4 Å². The smallest absolute Gasteiger partial charge is 0.0655 e. The predicted octanol–water partition coefficient (Wildman–Crippen LogP) is 8.34. The van der Waals surface area contributed by atoms with E-state index in [4.69, 9.17) is 5.10 Å². The van der Waals surface area contributed by atoms with Crippen LogP contribution < -0.4 is 5.32 Å². The lowest BCUT2D eigenvalue weighted by Gasteiger charge is -2.41. The van der Waals surface area contributed by atoms with E-state index in [0.29, 0.717) is 0 Å². The van der Waals surface area contributed by atoms with E-state index in [1.165, 1.54) is 62.6 Å². The SMILES string of the molecule is C=C(C)N(/N=C(\C)c1ccccc1)C(=C)/C=C(\C)CCC1(C(=C)NCC2CCC2)CCCCC1. The minimum Gasteiger partial charge on any atom is -0.388 e. The van der Waals surface area contributed by atoms with Crippen molar-refractivity contribution in [3.05, 3.63) is 84.4 Å². The molecule has 1 N–H and O–H groups in total. The number of benzene rings is 1. The Morgan fingerprint density at radius 2 is 1.71 bits per heavy atom. The molecule has 0 unspecified atom stereocenters. The Morgan fingerprint density at radius 1 is 1.03 bits per heavy atom. The Bertz CT molecular complexity index is 911. The van der Waals surface area contributed by atoms with E-state index in [9.17, 15) is 0 Å². The second kappa shape index (κ2) is 12.2. The zero-order chi connectivity index (χ0) is 24.6. The summed E-state index contributed by atoms with van der Waals surface area (Å²) in [6, 6.07) is 10.3. The van der Waals surface area contributed by atoms with Gasteiger partial charge in [-0.15, -0.1) is 0 Å². The first kappa shape index (κ1) is 26.1. The van der Waals surface area contributed by atoms with Crippen molar-refractivity contribution >= 4 is 5.71 Å². The molecular weight excluding hydrogens is 414 g/mol. The zero-order valence-electron chi connectivity index (χ0n) is 21.8. The largest absolute Gasteiger partial charge is 0.388 e. The molecule has 2 saturated carbocycles. The molecule has 0 aliphatic heterocycles. The predicted molar refractivity (Wildman–Crippen MR) is 147 cm³/mol. The highest BCUT2D eigenvalue weighted by Crippen LogP contribution is 2.45. The fraction of sp³-hybridized carbons (Fsp3) is 0.516. The van der Waals surface area contributed by atoms with Gasteiger partial charge in [0.1, 0.15) is 0 Å². The van der Waals surface area contributed by atoms with Crippen LogP contribution in [0.1, 0.15) is 90.5 Å². The molecule has 1 aromatic rings. The molecule has 2 aliphatic rings. The van der Waals surface area contributed by atoms with Gasteiger partial charge in [-0.05, 0) is 76.9 Å². The van der Waals surface area contributed by atoms with E-state index in [0.717, 1.165) is 48.0 Å². The topological polar surface area (TPSA) is 27.6 Å². The van der Waals surface area contributed by atoms with Gasteiger partial charge in [0.2, 0.25) is 0 Å². The Balaban J connectivity index is 1.65. The van der Waals surface area contributed by atoms with Gasteiger partial charge in [0.15, 0.2) is 0 Å². The average molecular weight is 460 g/mol. The van der Waals surface area contributed by atoms with Crippen LogP contribution in [0.3, 0.4) is 0 Å². The molecule has 0 saturated heterocycles. The Morgan fingerprint density at radius 3 is 2.29 bits per heavy atom. The van der Waals surface area contributed by atoms with Crippen LogP contribution in [0.4, 0.5) is 0 Å². The maximum Gasteiger partial charge on any atom is 0.0655 e. The van der Waals surface area contributed by atoms with Crippen molar-refractivity contribution in [2.45, 2.75) is 85.0 Å². The van der Waals surface area contributed by atoms with E-state index in [2.05, 4.69) is 50.2 Å². The highest BCUT2D eigenvalue weighted by atomic mass is 15.5. The summed E-state index contributed by atoms with van der Waals surface area (Å²) in [5.41, 5.74) is 6.63. The molecule has 0 bridgehead atoms. The third kappa shape index (κ3) is 6.98. The van der Waals surface area contributed by atoms with Crippen LogP contribution in [0.15, 0.2) is 83.9 Å². The summed E-state index contributed by atoms with van der Waals surface area (Å²) in [7, 11) is 0. The second-order valence-corrected chi connectivity index (χ2v) is 10.6. The fourth-order valence-corrected chi connectivity index (χ4v) is 5.22. The van der Waals surface area contributed by atoms with Gasteiger partial charge < -0.3 is 5.32 Å². The van der Waals surface area contributed by atoms with Crippen LogP contribution in [0.25, 0.3) is 0 Å². The molecule has 0 radical (unpaired) electrons. The molecule has 0 amide bonds. The van der Waals surface area contributed by atoms with Crippen molar-refractivity contribution in [3.63, 3.8) is 0 Å². The number of hydrogen-bond donors (Lipinski definition) is 1. The average Bonchev–Trinajstić information content (AvgIpc) is 2.80. The number of nitrogens with one attached hydrogen (secondary N) is 1. The molecule has 2 fully saturated rings. The minimum atomic E-state index is 0.231. The molecule has 0 atom stereocenters. The minimum absolute atomic E-state index is 0.231. The molecule has 2 aliphatic carbocycles. The number of hydrogen-bond acceptors (Lipinski definition) is 3. The monoisotopic (exact) mass is 459 g/mol. The molecule has 3 rings (SSSR count). The van der Waals surface area contributed by atoms with Gasteiger partial charge in [-0.25, -0.2) is 5.01 Å². The van der Waals surface area contributed by atoms with Crippen molar-refractivity contribution in [2.75, 3.05) is 6.54 Å². The van der Waals surface area contributed by atoms with E-state index in [-0.39, 0.29) is 5.41 Å². The highest BCUT2D eigenvalue weighted by Gasteiger charge is 2.35. The summed E-state index contributed by atoms with van der Waals surface area (Å²) < 4.78 is 0.